The van der Waals surface area contributed by atoms with E-state index in [9.17, 15) is 0 Å². The molecule has 6 heteroatoms. The Labute approximate surface area is 200 Å². The molecule has 2 heterocycles. The van der Waals surface area contributed by atoms with Crippen molar-refractivity contribution >= 4 is 11.0 Å². The number of methoxy groups -OCH3 is 2. The van der Waals surface area contributed by atoms with E-state index >= 15 is 0 Å². The predicted molar refractivity (Wildman–Crippen MR) is 131 cm³/mol. The molecule has 0 spiro atoms. The van der Waals surface area contributed by atoms with Crippen molar-refractivity contribution in [1.82, 2.24) is 9.55 Å². The molecule has 3 aromatic carbocycles. The van der Waals surface area contributed by atoms with Crippen LogP contribution in [0.25, 0.3) is 11.0 Å². The molecule has 0 N–H and O–H groups in total. The van der Waals surface area contributed by atoms with Gasteiger partial charge in [0.05, 0.1) is 38.0 Å². The molecule has 176 valence electrons. The van der Waals surface area contributed by atoms with Crippen LogP contribution in [0.1, 0.15) is 41.5 Å². The third-order valence-electron chi connectivity index (χ3n) is 6.40. The van der Waals surface area contributed by atoms with Crippen LogP contribution < -0.4 is 9.47 Å². The fourth-order valence-corrected chi connectivity index (χ4v) is 4.54. The maximum atomic E-state index is 6.16. The second-order valence-electron chi connectivity index (χ2n) is 8.61. The molecule has 0 radical (unpaired) electrons. The molecule has 2 unspecified atom stereocenters. The summed E-state index contributed by atoms with van der Waals surface area (Å²) in [5.74, 6) is 2.46. The van der Waals surface area contributed by atoms with Crippen LogP contribution in [0.2, 0.25) is 0 Å². The highest BCUT2D eigenvalue weighted by atomic mass is 16.7. The van der Waals surface area contributed by atoms with Crippen molar-refractivity contribution in [1.29, 1.82) is 0 Å². The molecule has 1 fully saturated rings. The monoisotopic (exact) mass is 458 g/mol. The van der Waals surface area contributed by atoms with E-state index in [0.29, 0.717) is 12.4 Å². The van der Waals surface area contributed by atoms with E-state index < -0.39 is 0 Å². The number of hydrogen-bond donors (Lipinski definition) is 0. The van der Waals surface area contributed by atoms with E-state index in [1.54, 1.807) is 14.2 Å². The Hall–Kier alpha value is -3.35. The summed E-state index contributed by atoms with van der Waals surface area (Å²) in [7, 11) is 3.29. The van der Waals surface area contributed by atoms with E-state index in [-0.39, 0.29) is 12.4 Å². The Bertz CT molecular complexity index is 1270. The van der Waals surface area contributed by atoms with Crippen molar-refractivity contribution in [2.24, 2.45) is 0 Å². The van der Waals surface area contributed by atoms with E-state index in [1.807, 2.05) is 24.3 Å². The van der Waals surface area contributed by atoms with Gasteiger partial charge in [0.15, 0.2) is 17.8 Å². The summed E-state index contributed by atoms with van der Waals surface area (Å²) in [4.78, 5) is 4.66. The van der Waals surface area contributed by atoms with Crippen LogP contribution >= 0.6 is 0 Å². The maximum Gasteiger partial charge on any atom is 0.161 e. The molecule has 2 atom stereocenters. The van der Waals surface area contributed by atoms with E-state index in [0.717, 1.165) is 53.1 Å². The number of imidazole rings is 1. The number of para-hydroxylation sites is 2. The molecule has 6 nitrogen and oxygen atoms in total. The van der Waals surface area contributed by atoms with Crippen LogP contribution in [0.3, 0.4) is 0 Å². The number of rotatable bonds is 8. The van der Waals surface area contributed by atoms with Crippen molar-refractivity contribution in [2.45, 2.75) is 45.3 Å². The van der Waals surface area contributed by atoms with Crippen molar-refractivity contribution < 1.29 is 18.9 Å². The first-order valence-corrected chi connectivity index (χ1v) is 11.6. The largest absolute Gasteiger partial charge is 0.493 e. The smallest absolute Gasteiger partial charge is 0.161 e. The number of hydrogen-bond acceptors (Lipinski definition) is 5. The Morgan fingerprint density at radius 3 is 2.47 bits per heavy atom. The van der Waals surface area contributed by atoms with Gasteiger partial charge in [-0.1, -0.05) is 42.5 Å². The first-order valence-electron chi connectivity index (χ1n) is 11.6. The van der Waals surface area contributed by atoms with Gasteiger partial charge in [-0.2, -0.15) is 0 Å². The summed E-state index contributed by atoms with van der Waals surface area (Å²) >= 11 is 0. The van der Waals surface area contributed by atoms with Crippen LogP contribution in [0, 0.1) is 6.92 Å². The normalized spacial score (nSPS) is 17.9. The van der Waals surface area contributed by atoms with Gasteiger partial charge in [-0.25, -0.2) is 4.98 Å². The molecule has 5 rings (SSSR count). The molecule has 4 aromatic rings. The summed E-state index contributed by atoms with van der Waals surface area (Å²) in [5.41, 5.74) is 5.65. The summed E-state index contributed by atoms with van der Waals surface area (Å²) in [5, 5.41) is 0. The Kier molecular flexibility index (Phi) is 6.52. The first-order chi connectivity index (χ1) is 16.6. The average molecular weight is 459 g/mol. The number of nitrogens with zero attached hydrogens (tertiary/aromatic N) is 2. The second kappa shape index (κ2) is 9.87. The van der Waals surface area contributed by atoms with Crippen molar-refractivity contribution in [3.05, 3.63) is 89.2 Å². The lowest BCUT2D eigenvalue weighted by atomic mass is 10.1. The standard InChI is InChI=1S/C28H30N2O4/c1-19-29-23-6-4-5-7-24(23)30(19)17-20-8-10-21(11-9-20)18-33-28-15-14-25(34-28)22-12-13-26(31-2)27(16-22)32-3/h4-13,16,25,28H,14-15,17-18H2,1-3H3. The molecule has 1 aliphatic rings. The van der Waals surface area contributed by atoms with Gasteiger partial charge in [0.2, 0.25) is 0 Å². The number of benzene rings is 3. The van der Waals surface area contributed by atoms with Gasteiger partial charge >= 0.3 is 0 Å². The molecular formula is C28H30N2O4. The molecule has 1 aliphatic heterocycles. The minimum Gasteiger partial charge on any atom is -0.493 e. The zero-order valence-electron chi connectivity index (χ0n) is 19.9. The molecule has 0 aliphatic carbocycles. The van der Waals surface area contributed by atoms with Crippen LogP contribution in [-0.4, -0.2) is 30.1 Å². The molecule has 0 bridgehead atoms. The Balaban J connectivity index is 1.17. The number of aromatic nitrogens is 2. The SMILES string of the molecule is COc1ccc(C2CCC(OCc3ccc(Cn4c(C)nc5ccccc54)cc3)O2)cc1OC. The number of aryl methyl sites for hydroxylation is 1. The van der Waals surface area contributed by atoms with Gasteiger partial charge in [0.25, 0.3) is 0 Å². The maximum absolute atomic E-state index is 6.16. The van der Waals surface area contributed by atoms with Crippen molar-refractivity contribution in [3.63, 3.8) is 0 Å². The minimum absolute atomic E-state index is 0.000393. The Morgan fingerprint density at radius 1 is 0.912 bits per heavy atom. The topological polar surface area (TPSA) is 54.7 Å². The van der Waals surface area contributed by atoms with Crippen molar-refractivity contribution in [2.75, 3.05) is 14.2 Å². The molecule has 0 saturated carbocycles. The molecule has 1 aromatic heterocycles. The highest BCUT2D eigenvalue weighted by Crippen LogP contribution is 2.37. The molecule has 0 amide bonds. The zero-order chi connectivity index (χ0) is 23.5. The van der Waals surface area contributed by atoms with Gasteiger partial charge in [-0.15, -0.1) is 0 Å². The van der Waals surface area contributed by atoms with Crippen LogP contribution in [0.5, 0.6) is 11.5 Å². The zero-order valence-corrected chi connectivity index (χ0v) is 19.9. The first kappa shape index (κ1) is 22.4. The average Bonchev–Trinajstić information content (AvgIpc) is 3.47. The highest BCUT2D eigenvalue weighted by Gasteiger charge is 2.28. The second-order valence-corrected chi connectivity index (χ2v) is 8.61. The third-order valence-corrected chi connectivity index (χ3v) is 6.40. The minimum atomic E-state index is -0.210. The predicted octanol–water partition coefficient (Wildman–Crippen LogP) is 5.80. The van der Waals surface area contributed by atoms with Gasteiger partial charge in [0, 0.05) is 13.0 Å². The quantitative estimate of drug-likeness (QED) is 0.334. The summed E-state index contributed by atoms with van der Waals surface area (Å²) in [6.07, 6.45) is 1.57. The fourth-order valence-electron chi connectivity index (χ4n) is 4.54. The van der Waals surface area contributed by atoms with E-state index in [4.69, 9.17) is 18.9 Å². The summed E-state index contributed by atoms with van der Waals surface area (Å²) in [6.45, 7) is 3.38. The van der Waals surface area contributed by atoms with E-state index in [2.05, 4.69) is 58.9 Å². The van der Waals surface area contributed by atoms with Crippen LogP contribution in [0.4, 0.5) is 0 Å². The molecule has 1 saturated heterocycles. The Morgan fingerprint density at radius 2 is 1.68 bits per heavy atom. The van der Waals surface area contributed by atoms with Gasteiger partial charge in [-0.05, 0) is 54.3 Å². The fraction of sp³-hybridized carbons (Fsp3) is 0.321. The van der Waals surface area contributed by atoms with Crippen LogP contribution in [0.15, 0.2) is 66.7 Å². The van der Waals surface area contributed by atoms with Gasteiger partial charge in [-0.3, -0.25) is 0 Å². The van der Waals surface area contributed by atoms with Crippen molar-refractivity contribution in [3.8, 4) is 11.5 Å². The van der Waals surface area contributed by atoms with Gasteiger partial charge < -0.3 is 23.5 Å². The number of fused-ring (bicyclic) bond motifs is 1. The van der Waals surface area contributed by atoms with Crippen LogP contribution in [-0.2, 0) is 22.6 Å². The molecule has 34 heavy (non-hydrogen) atoms. The summed E-state index contributed by atoms with van der Waals surface area (Å²) in [6, 6.07) is 22.8. The summed E-state index contributed by atoms with van der Waals surface area (Å²) < 4.78 is 25.2. The number of ether oxygens (including phenoxy) is 4. The lowest BCUT2D eigenvalue weighted by molar-refractivity contribution is -0.141. The van der Waals surface area contributed by atoms with E-state index in [1.165, 1.54) is 5.56 Å². The third kappa shape index (κ3) is 4.65. The van der Waals surface area contributed by atoms with Gasteiger partial charge in [0.1, 0.15) is 5.82 Å². The lowest BCUT2D eigenvalue weighted by Crippen LogP contribution is -2.11. The highest BCUT2D eigenvalue weighted by molar-refractivity contribution is 5.75. The molecular weight excluding hydrogens is 428 g/mol. The lowest BCUT2D eigenvalue weighted by Gasteiger charge is -2.16.